The molecule has 0 fully saturated rings. The fraction of sp³-hybridized carbons (Fsp3) is 0.0667. The van der Waals surface area contributed by atoms with Gasteiger partial charge in [0.25, 0.3) is 0 Å². The van der Waals surface area contributed by atoms with E-state index in [2.05, 4.69) is 41.0 Å². The zero-order valence-corrected chi connectivity index (χ0v) is 9.96. The van der Waals surface area contributed by atoms with Crippen LogP contribution in [0.25, 0.3) is 5.65 Å². The molecule has 0 atom stereocenters. The maximum Gasteiger partial charge on any atom is 0.156 e. The Bertz CT molecular complexity index is 742. The topological polar surface area (TPSA) is 30.2 Å². The minimum absolute atomic E-state index is 0.753. The van der Waals surface area contributed by atoms with E-state index in [-0.39, 0.29) is 0 Å². The predicted molar refractivity (Wildman–Crippen MR) is 70.1 cm³/mol. The molecule has 3 heteroatoms. The van der Waals surface area contributed by atoms with Crippen molar-refractivity contribution < 1.29 is 0 Å². The molecule has 0 N–H and O–H groups in total. The number of fused-ring (bicyclic) bond motifs is 1. The Morgan fingerprint density at radius 1 is 1.00 bits per heavy atom. The van der Waals surface area contributed by atoms with Gasteiger partial charge in [0.1, 0.15) is 5.69 Å². The first-order valence-electron chi connectivity index (χ1n) is 5.70. The van der Waals surface area contributed by atoms with E-state index < -0.39 is 0 Å². The summed E-state index contributed by atoms with van der Waals surface area (Å²) in [5, 5.41) is 4.09. The van der Waals surface area contributed by atoms with Crippen molar-refractivity contribution in [2.45, 2.75) is 6.92 Å². The lowest BCUT2D eigenvalue weighted by Crippen LogP contribution is -1.91. The van der Waals surface area contributed by atoms with Crippen molar-refractivity contribution >= 4 is 5.65 Å². The quantitative estimate of drug-likeness (QED) is 0.558. The lowest BCUT2D eigenvalue weighted by Gasteiger charge is -1.93. The zero-order valence-electron chi connectivity index (χ0n) is 9.96. The van der Waals surface area contributed by atoms with Gasteiger partial charge in [-0.2, -0.15) is 5.10 Å². The largest absolute Gasteiger partial charge is 0.223 e. The molecule has 3 nitrogen and oxygen atoms in total. The Hall–Kier alpha value is -2.60. The molecule has 0 aliphatic heterocycles. The minimum atomic E-state index is 0.753. The molecule has 0 spiro atoms. The lowest BCUT2D eigenvalue weighted by atomic mass is 10.1. The van der Waals surface area contributed by atoms with Crippen LogP contribution in [0.15, 0.2) is 48.8 Å². The summed E-state index contributed by atoms with van der Waals surface area (Å²) in [7, 11) is 0. The second-order valence-corrected chi connectivity index (χ2v) is 4.06. The molecule has 18 heavy (non-hydrogen) atoms. The molecule has 2 aromatic heterocycles. The van der Waals surface area contributed by atoms with Crippen LogP contribution in [0.5, 0.6) is 0 Å². The summed E-state index contributed by atoms with van der Waals surface area (Å²) >= 11 is 0. The van der Waals surface area contributed by atoms with Crippen LogP contribution < -0.4 is 0 Å². The van der Waals surface area contributed by atoms with E-state index in [4.69, 9.17) is 0 Å². The SMILES string of the molecule is Cc1ccc(C#Cc2ccn3nccc3n2)cc1. The highest BCUT2D eigenvalue weighted by molar-refractivity contribution is 5.44. The Morgan fingerprint density at radius 3 is 2.67 bits per heavy atom. The van der Waals surface area contributed by atoms with E-state index >= 15 is 0 Å². The Kier molecular flexibility index (Phi) is 2.54. The van der Waals surface area contributed by atoms with Crippen molar-refractivity contribution in [3.63, 3.8) is 0 Å². The first-order chi connectivity index (χ1) is 8.81. The first kappa shape index (κ1) is 10.5. The summed E-state index contributed by atoms with van der Waals surface area (Å²) in [6.07, 6.45) is 3.58. The van der Waals surface area contributed by atoms with E-state index in [1.54, 1.807) is 10.7 Å². The van der Waals surface area contributed by atoms with Gasteiger partial charge in [-0.25, -0.2) is 9.50 Å². The van der Waals surface area contributed by atoms with Gasteiger partial charge in [-0.05, 0) is 31.0 Å². The van der Waals surface area contributed by atoms with Crippen molar-refractivity contribution in [3.8, 4) is 11.8 Å². The average Bonchev–Trinajstić information content (AvgIpc) is 2.85. The van der Waals surface area contributed by atoms with E-state index in [0.717, 1.165) is 16.9 Å². The van der Waals surface area contributed by atoms with Crippen molar-refractivity contribution in [1.29, 1.82) is 0 Å². The van der Waals surface area contributed by atoms with Crippen molar-refractivity contribution in [2.75, 3.05) is 0 Å². The minimum Gasteiger partial charge on any atom is -0.223 e. The fourth-order valence-electron chi connectivity index (χ4n) is 1.66. The van der Waals surface area contributed by atoms with Gasteiger partial charge in [-0.1, -0.05) is 23.6 Å². The smallest absolute Gasteiger partial charge is 0.156 e. The molecule has 0 aliphatic carbocycles. The highest BCUT2D eigenvalue weighted by Crippen LogP contribution is 2.03. The second kappa shape index (κ2) is 4.34. The molecule has 86 valence electrons. The fourth-order valence-corrected chi connectivity index (χ4v) is 1.66. The number of hydrogen-bond acceptors (Lipinski definition) is 2. The van der Waals surface area contributed by atoms with E-state index in [0.29, 0.717) is 0 Å². The summed E-state index contributed by atoms with van der Waals surface area (Å²) in [4.78, 5) is 4.39. The van der Waals surface area contributed by atoms with Gasteiger partial charge >= 0.3 is 0 Å². The third-order valence-electron chi connectivity index (χ3n) is 2.64. The summed E-state index contributed by atoms with van der Waals surface area (Å²) in [6.45, 7) is 2.06. The third-order valence-corrected chi connectivity index (χ3v) is 2.64. The van der Waals surface area contributed by atoms with Crippen LogP contribution in [0.4, 0.5) is 0 Å². The molecule has 3 aromatic rings. The van der Waals surface area contributed by atoms with Gasteiger partial charge in [0.05, 0.1) is 6.20 Å². The Balaban J connectivity index is 1.94. The molecule has 0 bridgehead atoms. The number of rotatable bonds is 0. The number of hydrogen-bond donors (Lipinski definition) is 0. The second-order valence-electron chi connectivity index (χ2n) is 4.06. The van der Waals surface area contributed by atoms with Crippen LogP contribution in [-0.2, 0) is 0 Å². The predicted octanol–water partition coefficient (Wildman–Crippen LogP) is 2.44. The van der Waals surface area contributed by atoms with Gasteiger partial charge in [0, 0.05) is 17.8 Å². The summed E-state index contributed by atoms with van der Waals surface area (Å²) in [5.41, 5.74) is 3.80. The van der Waals surface area contributed by atoms with Gasteiger partial charge in [0.2, 0.25) is 0 Å². The molecule has 0 saturated heterocycles. The molecule has 3 rings (SSSR count). The standard InChI is InChI=1S/C15H11N3/c1-12-2-4-13(5-3-12)6-7-14-9-11-18-15(17-14)8-10-16-18/h2-5,8-11H,1H3. The summed E-state index contributed by atoms with van der Waals surface area (Å²) < 4.78 is 1.72. The molecule has 0 aliphatic rings. The van der Waals surface area contributed by atoms with E-state index in [9.17, 15) is 0 Å². The molecule has 0 unspecified atom stereocenters. The van der Waals surface area contributed by atoms with Crippen LogP contribution in [0, 0.1) is 18.8 Å². The average molecular weight is 233 g/mol. The Morgan fingerprint density at radius 2 is 1.83 bits per heavy atom. The first-order valence-corrected chi connectivity index (χ1v) is 5.70. The van der Waals surface area contributed by atoms with Gasteiger partial charge in [-0.3, -0.25) is 0 Å². The van der Waals surface area contributed by atoms with Gasteiger partial charge in [0.15, 0.2) is 5.65 Å². The molecule has 0 saturated carbocycles. The monoisotopic (exact) mass is 233 g/mol. The normalized spacial score (nSPS) is 10.1. The molecule has 0 radical (unpaired) electrons. The number of nitrogens with zero attached hydrogens (tertiary/aromatic N) is 3. The van der Waals surface area contributed by atoms with Crippen LogP contribution in [0.2, 0.25) is 0 Å². The number of benzene rings is 1. The third kappa shape index (κ3) is 2.09. The van der Waals surface area contributed by atoms with Crippen LogP contribution in [-0.4, -0.2) is 14.6 Å². The highest BCUT2D eigenvalue weighted by atomic mass is 15.2. The summed E-state index contributed by atoms with van der Waals surface area (Å²) in [5.74, 6) is 6.16. The lowest BCUT2D eigenvalue weighted by molar-refractivity contribution is 0.936. The molecular weight excluding hydrogens is 222 g/mol. The molecule has 0 amide bonds. The van der Waals surface area contributed by atoms with E-state index in [1.807, 2.05) is 30.5 Å². The van der Waals surface area contributed by atoms with Crippen LogP contribution in [0.3, 0.4) is 0 Å². The summed E-state index contributed by atoms with van der Waals surface area (Å²) in [6, 6.07) is 11.9. The van der Waals surface area contributed by atoms with Crippen molar-refractivity contribution in [1.82, 2.24) is 14.6 Å². The van der Waals surface area contributed by atoms with Gasteiger partial charge < -0.3 is 0 Å². The number of aryl methyl sites for hydroxylation is 1. The van der Waals surface area contributed by atoms with Crippen LogP contribution >= 0.6 is 0 Å². The Labute approximate surface area is 105 Å². The van der Waals surface area contributed by atoms with Gasteiger partial charge in [-0.15, -0.1) is 0 Å². The maximum absolute atomic E-state index is 4.39. The molecular formula is C15H11N3. The molecule has 1 aromatic carbocycles. The van der Waals surface area contributed by atoms with Crippen molar-refractivity contribution in [2.24, 2.45) is 0 Å². The zero-order chi connectivity index (χ0) is 12.4. The maximum atomic E-state index is 4.39. The van der Waals surface area contributed by atoms with Crippen LogP contribution in [0.1, 0.15) is 16.8 Å². The highest BCUT2D eigenvalue weighted by Gasteiger charge is 1.95. The molecule has 2 heterocycles. The van der Waals surface area contributed by atoms with E-state index in [1.165, 1.54) is 5.56 Å². The number of aromatic nitrogens is 3. The van der Waals surface area contributed by atoms with Crippen molar-refractivity contribution in [3.05, 3.63) is 65.6 Å².